The number of carbonyl (C=O) groups is 1. The molecule has 0 radical (unpaired) electrons. The van der Waals surface area contributed by atoms with Gasteiger partial charge >= 0.3 is 5.97 Å². The molecule has 3 nitrogen and oxygen atoms in total. The molecule has 3 heteroatoms. The summed E-state index contributed by atoms with van der Waals surface area (Å²) < 4.78 is 11.2. The van der Waals surface area contributed by atoms with E-state index in [2.05, 4.69) is 37.8 Å². The number of fused-ring (bicyclic) bond motifs is 1. The van der Waals surface area contributed by atoms with Crippen molar-refractivity contribution >= 4 is 16.9 Å². The van der Waals surface area contributed by atoms with E-state index in [0.29, 0.717) is 18.6 Å². The molecule has 0 aliphatic heterocycles. The van der Waals surface area contributed by atoms with Crippen molar-refractivity contribution in [1.82, 2.24) is 0 Å². The minimum atomic E-state index is -0.350. The van der Waals surface area contributed by atoms with E-state index in [9.17, 15) is 4.79 Å². The van der Waals surface area contributed by atoms with Gasteiger partial charge in [0.1, 0.15) is 11.3 Å². The summed E-state index contributed by atoms with van der Waals surface area (Å²) in [6.07, 6.45) is 1.61. The van der Waals surface area contributed by atoms with Gasteiger partial charge in [0.2, 0.25) is 0 Å². The maximum Gasteiger partial charge on any atom is 0.333 e. The van der Waals surface area contributed by atoms with Crippen LogP contribution in [0, 0.1) is 0 Å². The molecule has 0 amide bonds. The summed E-state index contributed by atoms with van der Waals surface area (Å²) in [6, 6.07) is 16.5. The van der Waals surface area contributed by atoms with Gasteiger partial charge in [-0.05, 0) is 36.6 Å². The van der Waals surface area contributed by atoms with Crippen molar-refractivity contribution < 1.29 is 13.9 Å². The van der Waals surface area contributed by atoms with Crippen LogP contribution in [0.1, 0.15) is 25.0 Å². The topological polar surface area (TPSA) is 39.4 Å². The van der Waals surface area contributed by atoms with Crippen LogP contribution in [0.25, 0.3) is 22.3 Å². The van der Waals surface area contributed by atoms with Crippen LogP contribution < -0.4 is 0 Å². The zero-order chi connectivity index (χ0) is 17.8. The molecule has 25 heavy (non-hydrogen) atoms. The molecule has 0 atom stereocenters. The van der Waals surface area contributed by atoms with Crippen LogP contribution in [0.4, 0.5) is 0 Å². The van der Waals surface area contributed by atoms with Crippen molar-refractivity contribution in [2.24, 2.45) is 0 Å². The van der Waals surface area contributed by atoms with E-state index < -0.39 is 0 Å². The van der Waals surface area contributed by atoms with Crippen molar-refractivity contribution in [2.45, 2.75) is 26.7 Å². The molecule has 0 saturated carbocycles. The van der Waals surface area contributed by atoms with E-state index in [4.69, 9.17) is 9.15 Å². The van der Waals surface area contributed by atoms with Crippen LogP contribution in [0.15, 0.2) is 65.1 Å². The van der Waals surface area contributed by atoms with Crippen molar-refractivity contribution in [3.8, 4) is 11.3 Å². The third kappa shape index (κ3) is 3.82. The highest BCUT2D eigenvalue weighted by Crippen LogP contribution is 2.31. The molecule has 3 aromatic rings. The normalized spacial score (nSPS) is 10.8. The molecule has 0 unspecified atom stereocenters. The van der Waals surface area contributed by atoms with Crippen LogP contribution >= 0.6 is 0 Å². The molecular formula is C22H22O3. The molecule has 2 aromatic carbocycles. The van der Waals surface area contributed by atoms with Gasteiger partial charge in [0.25, 0.3) is 0 Å². The standard InChI is InChI=1S/C22H22O3/c1-4-17-7-5-6-8-19(17)21-14-18-10-9-16(13-20(18)25-21)11-12-24-22(23)15(2)3/h5-10,13-14H,2,4,11-12H2,1,3H3. The number of esters is 1. The zero-order valence-corrected chi connectivity index (χ0v) is 14.7. The highest BCUT2D eigenvalue weighted by Gasteiger charge is 2.10. The fraction of sp³-hybridized carbons (Fsp3) is 0.227. The smallest absolute Gasteiger partial charge is 0.333 e. The van der Waals surface area contributed by atoms with Crippen molar-refractivity contribution in [3.63, 3.8) is 0 Å². The molecule has 0 spiro atoms. The number of ether oxygens (including phenoxy) is 1. The average Bonchev–Trinajstić information content (AvgIpc) is 3.04. The van der Waals surface area contributed by atoms with Gasteiger partial charge in [-0.3, -0.25) is 0 Å². The minimum Gasteiger partial charge on any atom is -0.462 e. The van der Waals surface area contributed by atoms with Gasteiger partial charge in [-0.1, -0.05) is 49.9 Å². The average molecular weight is 334 g/mol. The van der Waals surface area contributed by atoms with E-state index in [1.807, 2.05) is 24.3 Å². The summed E-state index contributed by atoms with van der Waals surface area (Å²) in [5.74, 6) is 0.538. The maximum absolute atomic E-state index is 11.4. The molecule has 0 saturated heterocycles. The first-order valence-electron chi connectivity index (χ1n) is 8.52. The predicted octanol–water partition coefficient (Wildman–Crippen LogP) is 5.32. The second-order valence-corrected chi connectivity index (χ2v) is 6.16. The largest absolute Gasteiger partial charge is 0.462 e. The van der Waals surface area contributed by atoms with Crippen LogP contribution in [0.2, 0.25) is 0 Å². The quantitative estimate of drug-likeness (QED) is 0.452. The molecule has 0 aliphatic carbocycles. The van der Waals surface area contributed by atoms with E-state index >= 15 is 0 Å². The Morgan fingerprint density at radius 3 is 2.72 bits per heavy atom. The number of furan rings is 1. The van der Waals surface area contributed by atoms with Crippen molar-refractivity contribution in [1.29, 1.82) is 0 Å². The Morgan fingerprint density at radius 1 is 1.16 bits per heavy atom. The SMILES string of the molecule is C=C(C)C(=O)OCCc1ccc2cc(-c3ccccc3CC)oc2c1. The molecule has 0 N–H and O–H groups in total. The lowest BCUT2D eigenvalue weighted by Gasteiger charge is -2.04. The third-order valence-corrected chi connectivity index (χ3v) is 4.22. The lowest BCUT2D eigenvalue weighted by atomic mass is 10.0. The van der Waals surface area contributed by atoms with Gasteiger partial charge in [-0.15, -0.1) is 0 Å². The van der Waals surface area contributed by atoms with Crippen LogP contribution in [0.3, 0.4) is 0 Å². The maximum atomic E-state index is 11.4. The van der Waals surface area contributed by atoms with Crippen LogP contribution in [-0.4, -0.2) is 12.6 Å². The summed E-state index contributed by atoms with van der Waals surface area (Å²) in [7, 11) is 0. The first kappa shape index (κ1) is 17.0. The first-order valence-corrected chi connectivity index (χ1v) is 8.52. The van der Waals surface area contributed by atoms with Crippen molar-refractivity contribution in [2.75, 3.05) is 6.61 Å². The first-order chi connectivity index (χ1) is 12.1. The fourth-order valence-electron chi connectivity index (χ4n) is 2.82. The Bertz CT molecular complexity index is 918. The number of aryl methyl sites for hydroxylation is 1. The summed E-state index contributed by atoms with van der Waals surface area (Å²) >= 11 is 0. The molecule has 128 valence electrons. The van der Waals surface area contributed by atoms with Crippen molar-refractivity contribution in [3.05, 3.63) is 71.8 Å². The lowest BCUT2D eigenvalue weighted by Crippen LogP contribution is -2.07. The lowest BCUT2D eigenvalue weighted by molar-refractivity contribution is -0.138. The van der Waals surface area contributed by atoms with E-state index in [-0.39, 0.29) is 5.97 Å². The van der Waals surface area contributed by atoms with Crippen LogP contribution in [0.5, 0.6) is 0 Å². The van der Waals surface area contributed by atoms with Gasteiger partial charge in [0.15, 0.2) is 0 Å². The number of benzene rings is 2. The highest BCUT2D eigenvalue weighted by atomic mass is 16.5. The monoisotopic (exact) mass is 334 g/mol. The summed E-state index contributed by atoms with van der Waals surface area (Å²) in [5.41, 5.74) is 4.75. The van der Waals surface area contributed by atoms with Gasteiger partial charge in [0.05, 0.1) is 6.61 Å². The fourth-order valence-corrected chi connectivity index (χ4v) is 2.82. The number of hydrogen-bond acceptors (Lipinski definition) is 3. The second-order valence-electron chi connectivity index (χ2n) is 6.16. The second kappa shape index (κ2) is 7.39. The number of rotatable bonds is 6. The van der Waals surface area contributed by atoms with E-state index in [1.165, 1.54) is 5.56 Å². The molecule has 1 heterocycles. The molecule has 0 bridgehead atoms. The Balaban J connectivity index is 1.80. The Kier molecular flexibility index (Phi) is 5.03. The molecule has 0 aliphatic rings. The summed E-state index contributed by atoms with van der Waals surface area (Å²) in [5, 5.41) is 1.07. The van der Waals surface area contributed by atoms with E-state index in [0.717, 1.165) is 34.3 Å². The zero-order valence-electron chi connectivity index (χ0n) is 14.7. The van der Waals surface area contributed by atoms with Gasteiger partial charge in [-0.2, -0.15) is 0 Å². The van der Waals surface area contributed by atoms with Gasteiger partial charge < -0.3 is 9.15 Å². The Morgan fingerprint density at radius 2 is 1.96 bits per heavy atom. The Labute approximate surface area is 147 Å². The molecule has 1 aromatic heterocycles. The van der Waals surface area contributed by atoms with Crippen LogP contribution in [-0.2, 0) is 22.4 Å². The number of hydrogen-bond donors (Lipinski definition) is 0. The van der Waals surface area contributed by atoms with Gasteiger partial charge in [0, 0.05) is 22.9 Å². The molecule has 3 rings (SSSR count). The number of carbonyl (C=O) groups excluding carboxylic acids is 1. The summed E-state index contributed by atoms with van der Waals surface area (Å²) in [4.78, 5) is 11.4. The minimum absolute atomic E-state index is 0.337. The van der Waals surface area contributed by atoms with E-state index in [1.54, 1.807) is 6.92 Å². The molecule has 0 fully saturated rings. The highest BCUT2D eigenvalue weighted by molar-refractivity contribution is 5.87. The molecular weight excluding hydrogens is 312 g/mol. The predicted molar refractivity (Wildman–Crippen MR) is 101 cm³/mol. The van der Waals surface area contributed by atoms with Gasteiger partial charge in [-0.25, -0.2) is 4.79 Å². The Hall–Kier alpha value is -2.81. The third-order valence-electron chi connectivity index (χ3n) is 4.22. The summed E-state index contributed by atoms with van der Waals surface area (Å²) in [6.45, 7) is 7.70.